The van der Waals surface area contributed by atoms with Crippen molar-refractivity contribution >= 4 is 11.3 Å². The van der Waals surface area contributed by atoms with E-state index < -0.39 is 0 Å². The Kier molecular flexibility index (Phi) is 4.00. The minimum Gasteiger partial charge on any atom is -0.327 e. The molecule has 3 unspecified atom stereocenters. The number of likely N-dealkylation sites (tertiary alicyclic amines) is 1. The van der Waals surface area contributed by atoms with E-state index in [1.807, 2.05) is 11.3 Å². The Morgan fingerprint density at radius 3 is 3.00 bits per heavy atom. The molecule has 1 aliphatic heterocycles. The number of rotatable bonds is 3. The Morgan fingerprint density at radius 1 is 1.50 bits per heavy atom. The molecule has 1 aliphatic rings. The average Bonchev–Trinajstić information content (AvgIpc) is 2.78. The predicted molar refractivity (Wildman–Crippen MR) is 70.8 cm³/mol. The third-order valence-electron chi connectivity index (χ3n) is 3.99. The molecule has 0 amide bonds. The fourth-order valence-corrected chi connectivity index (χ4v) is 3.19. The van der Waals surface area contributed by atoms with E-state index in [0.29, 0.717) is 18.0 Å². The lowest BCUT2D eigenvalue weighted by atomic mass is 9.87. The van der Waals surface area contributed by atoms with Crippen LogP contribution in [-0.4, -0.2) is 30.1 Å². The second-order valence-corrected chi connectivity index (χ2v) is 5.95. The fourth-order valence-electron chi connectivity index (χ4n) is 2.50. The van der Waals surface area contributed by atoms with Gasteiger partial charge in [-0.3, -0.25) is 4.90 Å². The molecule has 1 saturated heterocycles. The van der Waals surface area contributed by atoms with Crippen molar-refractivity contribution in [2.45, 2.75) is 38.8 Å². The van der Waals surface area contributed by atoms with Crippen LogP contribution in [0.1, 0.15) is 25.1 Å². The molecule has 2 rings (SSSR count). The van der Waals surface area contributed by atoms with E-state index in [4.69, 9.17) is 5.73 Å². The van der Waals surface area contributed by atoms with Crippen molar-refractivity contribution in [1.29, 1.82) is 0 Å². The van der Waals surface area contributed by atoms with E-state index in [9.17, 15) is 0 Å². The summed E-state index contributed by atoms with van der Waals surface area (Å²) in [5.41, 5.74) is 6.10. The molecule has 0 aliphatic carbocycles. The molecule has 0 radical (unpaired) electrons. The monoisotopic (exact) mass is 238 g/mol. The zero-order valence-corrected chi connectivity index (χ0v) is 11.0. The second-order valence-electron chi connectivity index (χ2n) is 4.92. The zero-order chi connectivity index (χ0) is 11.5. The molecule has 0 saturated carbocycles. The van der Waals surface area contributed by atoms with Crippen LogP contribution >= 0.6 is 11.3 Å². The SMILES string of the molecule is CC1C(N)CCN(CCc2cccs2)C1C. The highest BCUT2D eigenvalue weighted by atomic mass is 32.1. The first-order valence-corrected chi connectivity index (χ1v) is 7.08. The van der Waals surface area contributed by atoms with Crippen LogP contribution in [0.2, 0.25) is 0 Å². The number of thiophene rings is 1. The van der Waals surface area contributed by atoms with Gasteiger partial charge in [0.1, 0.15) is 0 Å². The molecule has 2 N–H and O–H groups in total. The maximum Gasteiger partial charge on any atom is 0.0107 e. The van der Waals surface area contributed by atoms with Gasteiger partial charge in [0.2, 0.25) is 0 Å². The van der Waals surface area contributed by atoms with E-state index in [2.05, 4.69) is 36.3 Å². The largest absolute Gasteiger partial charge is 0.327 e. The highest BCUT2D eigenvalue weighted by molar-refractivity contribution is 7.09. The van der Waals surface area contributed by atoms with E-state index in [1.165, 1.54) is 17.8 Å². The van der Waals surface area contributed by atoms with Gasteiger partial charge in [-0.2, -0.15) is 0 Å². The maximum atomic E-state index is 6.10. The average molecular weight is 238 g/mol. The topological polar surface area (TPSA) is 29.3 Å². The molecule has 1 fully saturated rings. The summed E-state index contributed by atoms with van der Waals surface area (Å²) in [4.78, 5) is 4.09. The first-order valence-electron chi connectivity index (χ1n) is 6.20. The van der Waals surface area contributed by atoms with Gasteiger partial charge >= 0.3 is 0 Å². The first-order chi connectivity index (χ1) is 7.68. The van der Waals surface area contributed by atoms with Crippen molar-refractivity contribution in [3.8, 4) is 0 Å². The number of hydrogen-bond donors (Lipinski definition) is 1. The summed E-state index contributed by atoms with van der Waals surface area (Å²) in [7, 11) is 0. The van der Waals surface area contributed by atoms with Gasteiger partial charge in [-0.1, -0.05) is 13.0 Å². The van der Waals surface area contributed by atoms with Gasteiger partial charge in [0.15, 0.2) is 0 Å². The van der Waals surface area contributed by atoms with Gasteiger partial charge in [0, 0.05) is 23.5 Å². The minimum atomic E-state index is 0.396. The van der Waals surface area contributed by atoms with E-state index in [0.717, 1.165) is 13.0 Å². The quantitative estimate of drug-likeness (QED) is 0.876. The molecule has 0 spiro atoms. The molecule has 0 aromatic carbocycles. The molecule has 90 valence electrons. The molecular weight excluding hydrogens is 216 g/mol. The van der Waals surface area contributed by atoms with Gasteiger partial charge in [0.05, 0.1) is 0 Å². The predicted octanol–water partition coefficient (Wildman–Crippen LogP) is 2.35. The molecule has 2 nitrogen and oxygen atoms in total. The van der Waals surface area contributed by atoms with Crippen LogP contribution < -0.4 is 5.73 Å². The van der Waals surface area contributed by atoms with Crippen LogP contribution in [0.4, 0.5) is 0 Å². The summed E-state index contributed by atoms with van der Waals surface area (Å²) in [5.74, 6) is 0.622. The summed E-state index contributed by atoms with van der Waals surface area (Å²) in [6, 6.07) is 5.39. The van der Waals surface area contributed by atoms with Crippen LogP contribution in [0, 0.1) is 5.92 Å². The Labute approximate surface area is 102 Å². The Bertz CT molecular complexity index is 310. The molecule has 1 aromatic rings. The smallest absolute Gasteiger partial charge is 0.0107 e. The van der Waals surface area contributed by atoms with Crippen molar-refractivity contribution in [1.82, 2.24) is 4.90 Å². The van der Waals surface area contributed by atoms with Gasteiger partial charge < -0.3 is 5.73 Å². The normalized spacial score (nSPS) is 31.8. The van der Waals surface area contributed by atoms with Crippen LogP contribution in [0.25, 0.3) is 0 Å². The van der Waals surface area contributed by atoms with Gasteiger partial charge in [-0.15, -0.1) is 11.3 Å². The highest BCUT2D eigenvalue weighted by Crippen LogP contribution is 2.22. The fraction of sp³-hybridized carbons (Fsp3) is 0.692. The Balaban J connectivity index is 1.86. The Morgan fingerprint density at radius 2 is 2.31 bits per heavy atom. The van der Waals surface area contributed by atoms with E-state index in [-0.39, 0.29) is 0 Å². The number of hydrogen-bond acceptors (Lipinski definition) is 3. The van der Waals surface area contributed by atoms with Crippen molar-refractivity contribution in [3.05, 3.63) is 22.4 Å². The standard InChI is InChI=1S/C13H22N2S/c1-10-11(2)15(8-6-13(10)14)7-5-12-4-3-9-16-12/h3-4,9-11,13H,5-8,14H2,1-2H3. The van der Waals surface area contributed by atoms with Gasteiger partial charge in [-0.05, 0) is 43.7 Å². The highest BCUT2D eigenvalue weighted by Gasteiger charge is 2.29. The van der Waals surface area contributed by atoms with E-state index >= 15 is 0 Å². The summed E-state index contributed by atoms with van der Waals surface area (Å²) in [6.07, 6.45) is 2.33. The molecule has 3 heteroatoms. The summed E-state index contributed by atoms with van der Waals surface area (Å²) in [6.45, 7) is 6.95. The number of nitrogens with two attached hydrogens (primary N) is 1. The van der Waals surface area contributed by atoms with Crippen molar-refractivity contribution in [3.63, 3.8) is 0 Å². The number of piperidine rings is 1. The molecular formula is C13H22N2S. The lowest BCUT2D eigenvalue weighted by Gasteiger charge is -2.41. The lowest BCUT2D eigenvalue weighted by Crippen LogP contribution is -2.52. The third kappa shape index (κ3) is 2.65. The van der Waals surface area contributed by atoms with Crippen LogP contribution in [-0.2, 0) is 6.42 Å². The maximum absolute atomic E-state index is 6.10. The summed E-state index contributed by atoms with van der Waals surface area (Å²) in [5, 5.41) is 2.16. The van der Waals surface area contributed by atoms with Crippen molar-refractivity contribution in [2.75, 3.05) is 13.1 Å². The van der Waals surface area contributed by atoms with Crippen LogP contribution in [0.5, 0.6) is 0 Å². The zero-order valence-electron chi connectivity index (χ0n) is 10.2. The molecule has 16 heavy (non-hydrogen) atoms. The third-order valence-corrected chi connectivity index (χ3v) is 4.92. The molecule has 3 atom stereocenters. The first kappa shape index (κ1) is 12.1. The second kappa shape index (κ2) is 5.30. The van der Waals surface area contributed by atoms with Crippen LogP contribution in [0.15, 0.2) is 17.5 Å². The lowest BCUT2D eigenvalue weighted by molar-refractivity contribution is 0.0995. The summed E-state index contributed by atoms with van der Waals surface area (Å²) >= 11 is 1.86. The van der Waals surface area contributed by atoms with Gasteiger partial charge in [-0.25, -0.2) is 0 Å². The molecule has 2 heterocycles. The minimum absolute atomic E-state index is 0.396. The summed E-state index contributed by atoms with van der Waals surface area (Å²) < 4.78 is 0. The number of nitrogens with zero attached hydrogens (tertiary/aromatic N) is 1. The molecule has 0 bridgehead atoms. The van der Waals surface area contributed by atoms with Crippen molar-refractivity contribution < 1.29 is 0 Å². The van der Waals surface area contributed by atoms with Gasteiger partial charge in [0.25, 0.3) is 0 Å². The van der Waals surface area contributed by atoms with Crippen molar-refractivity contribution in [2.24, 2.45) is 11.7 Å². The van der Waals surface area contributed by atoms with Crippen LogP contribution in [0.3, 0.4) is 0 Å². The van der Waals surface area contributed by atoms with E-state index in [1.54, 1.807) is 0 Å². The Hall–Kier alpha value is -0.380. The molecule has 1 aromatic heterocycles.